The molecule has 88 valence electrons. The standard InChI is InChI=1S/C10H10F3NO2/c11-10(12,13)6-7-16-14-9(15)8-4-2-1-3-5-8/h1-5H,6-7H2,(H,14,15). The lowest BCUT2D eigenvalue weighted by Gasteiger charge is -2.07. The van der Waals surface area contributed by atoms with Crippen molar-refractivity contribution in [2.75, 3.05) is 6.61 Å². The van der Waals surface area contributed by atoms with Crippen LogP contribution in [-0.4, -0.2) is 18.7 Å². The molecule has 0 aliphatic rings. The first-order chi connectivity index (χ1) is 7.49. The van der Waals surface area contributed by atoms with Gasteiger partial charge in [-0.3, -0.25) is 9.63 Å². The number of halogens is 3. The molecule has 1 N–H and O–H groups in total. The lowest BCUT2D eigenvalue weighted by molar-refractivity contribution is -0.149. The zero-order valence-electron chi connectivity index (χ0n) is 8.25. The Morgan fingerprint density at radius 2 is 1.88 bits per heavy atom. The first kappa shape index (κ1) is 12.5. The van der Waals surface area contributed by atoms with E-state index in [0.717, 1.165) is 0 Å². The van der Waals surface area contributed by atoms with E-state index in [1.807, 2.05) is 5.48 Å². The minimum absolute atomic E-state index is 0.328. The summed E-state index contributed by atoms with van der Waals surface area (Å²) >= 11 is 0. The van der Waals surface area contributed by atoms with E-state index in [9.17, 15) is 18.0 Å². The van der Waals surface area contributed by atoms with Crippen LogP contribution in [0.15, 0.2) is 30.3 Å². The molecule has 0 radical (unpaired) electrons. The number of nitrogens with one attached hydrogen (secondary N) is 1. The Bertz CT molecular complexity index is 338. The maximum absolute atomic E-state index is 11.7. The maximum atomic E-state index is 11.7. The van der Waals surface area contributed by atoms with Gasteiger partial charge < -0.3 is 0 Å². The monoisotopic (exact) mass is 233 g/mol. The Balaban J connectivity index is 2.27. The third kappa shape index (κ3) is 4.79. The molecule has 0 aliphatic carbocycles. The second kappa shape index (κ2) is 5.50. The molecule has 1 aromatic rings. The smallest absolute Gasteiger partial charge is 0.273 e. The second-order valence-corrected chi connectivity index (χ2v) is 3.01. The molecule has 1 rings (SSSR count). The van der Waals surface area contributed by atoms with Crippen molar-refractivity contribution in [1.29, 1.82) is 0 Å². The number of rotatable bonds is 4. The first-order valence-electron chi connectivity index (χ1n) is 4.53. The first-order valence-corrected chi connectivity index (χ1v) is 4.53. The van der Waals surface area contributed by atoms with Crippen LogP contribution < -0.4 is 5.48 Å². The SMILES string of the molecule is O=C(NOCCC(F)(F)F)c1ccccc1. The van der Waals surface area contributed by atoms with Crippen LogP contribution in [0.1, 0.15) is 16.8 Å². The molecule has 16 heavy (non-hydrogen) atoms. The van der Waals surface area contributed by atoms with E-state index in [0.29, 0.717) is 5.56 Å². The van der Waals surface area contributed by atoms with Gasteiger partial charge in [0.15, 0.2) is 0 Å². The third-order valence-electron chi connectivity index (χ3n) is 1.69. The number of hydrogen-bond acceptors (Lipinski definition) is 2. The summed E-state index contributed by atoms with van der Waals surface area (Å²) < 4.78 is 35.1. The fourth-order valence-electron chi connectivity index (χ4n) is 0.932. The van der Waals surface area contributed by atoms with Crippen molar-refractivity contribution in [2.45, 2.75) is 12.6 Å². The van der Waals surface area contributed by atoms with Crippen molar-refractivity contribution >= 4 is 5.91 Å². The number of carbonyl (C=O) groups excluding carboxylic acids is 1. The summed E-state index contributed by atoms with van der Waals surface area (Å²) in [5.74, 6) is -0.567. The Kier molecular flexibility index (Phi) is 4.30. The summed E-state index contributed by atoms with van der Waals surface area (Å²) in [6.07, 6.45) is -5.38. The van der Waals surface area contributed by atoms with Gasteiger partial charge >= 0.3 is 6.18 Å². The van der Waals surface area contributed by atoms with Gasteiger partial charge in [0.05, 0.1) is 13.0 Å². The summed E-state index contributed by atoms with van der Waals surface area (Å²) in [6.45, 7) is -0.595. The van der Waals surface area contributed by atoms with Gasteiger partial charge in [0.2, 0.25) is 0 Å². The van der Waals surface area contributed by atoms with Gasteiger partial charge in [-0.25, -0.2) is 5.48 Å². The van der Waals surface area contributed by atoms with Crippen LogP contribution in [0.5, 0.6) is 0 Å². The molecule has 3 nitrogen and oxygen atoms in total. The van der Waals surface area contributed by atoms with E-state index in [4.69, 9.17) is 0 Å². The predicted octanol–water partition coefficient (Wildman–Crippen LogP) is 2.30. The van der Waals surface area contributed by atoms with E-state index < -0.39 is 25.1 Å². The Hall–Kier alpha value is -1.56. The molecule has 0 fully saturated rings. The van der Waals surface area contributed by atoms with Crippen molar-refractivity contribution in [3.8, 4) is 0 Å². The number of hydroxylamine groups is 1. The summed E-state index contributed by atoms with van der Waals surface area (Å²) in [5, 5.41) is 0. The van der Waals surface area contributed by atoms with E-state index in [1.165, 1.54) is 12.1 Å². The lowest BCUT2D eigenvalue weighted by Crippen LogP contribution is -2.25. The van der Waals surface area contributed by atoms with Gasteiger partial charge in [0.1, 0.15) is 0 Å². The Morgan fingerprint density at radius 1 is 1.25 bits per heavy atom. The Morgan fingerprint density at radius 3 is 2.44 bits per heavy atom. The minimum Gasteiger partial charge on any atom is -0.273 e. The maximum Gasteiger partial charge on any atom is 0.391 e. The summed E-state index contributed by atoms with van der Waals surface area (Å²) in [7, 11) is 0. The molecular weight excluding hydrogens is 223 g/mol. The van der Waals surface area contributed by atoms with Crippen molar-refractivity contribution < 1.29 is 22.8 Å². The molecule has 0 unspecified atom stereocenters. The van der Waals surface area contributed by atoms with E-state index >= 15 is 0 Å². The average Bonchev–Trinajstić information content (AvgIpc) is 2.24. The fourth-order valence-corrected chi connectivity index (χ4v) is 0.932. The van der Waals surface area contributed by atoms with Crippen LogP contribution in [0.4, 0.5) is 13.2 Å². The van der Waals surface area contributed by atoms with Crippen LogP contribution >= 0.6 is 0 Å². The number of hydrogen-bond donors (Lipinski definition) is 1. The van der Waals surface area contributed by atoms with E-state index in [2.05, 4.69) is 4.84 Å². The molecular formula is C10H10F3NO2. The molecule has 0 spiro atoms. The summed E-state index contributed by atoms with van der Waals surface area (Å²) in [4.78, 5) is 15.7. The van der Waals surface area contributed by atoms with Gasteiger partial charge in [-0.2, -0.15) is 13.2 Å². The normalized spacial score (nSPS) is 11.2. The van der Waals surface area contributed by atoms with Gasteiger partial charge in [0.25, 0.3) is 5.91 Å². The minimum atomic E-state index is -4.28. The Labute approximate surface area is 90.2 Å². The summed E-state index contributed by atoms with van der Waals surface area (Å²) in [5.41, 5.74) is 2.26. The molecule has 0 aromatic heterocycles. The largest absolute Gasteiger partial charge is 0.391 e. The average molecular weight is 233 g/mol. The highest BCUT2D eigenvalue weighted by Crippen LogP contribution is 2.18. The van der Waals surface area contributed by atoms with Crippen LogP contribution in [0.2, 0.25) is 0 Å². The quantitative estimate of drug-likeness (QED) is 0.640. The molecule has 0 saturated carbocycles. The summed E-state index contributed by atoms with van der Waals surface area (Å²) in [6, 6.07) is 8.07. The van der Waals surface area contributed by atoms with Crippen LogP contribution in [0, 0.1) is 0 Å². The topological polar surface area (TPSA) is 38.3 Å². The third-order valence-corrected chi connectivity index (χ3v) is 1.69. The van der Waals surface area contributed by atoms with Gasteiger partial charge in [-0.1, -0.05) is 18.2 Å². The molecule has 0 heterocycles. The number of amides is 1. The molecule has 0 aliphatic heterocycles. The highest BCUT2D eigenvalue weighted by atomic mass is 19.4. The van der Waals surface area contributed by atoms with Crippen LogP contribution in [0.25, 0.3) is 0 Å². The van der Waals surface area contributed by atoms with Crippen molar-refractivity contribution in [2.24, 2.45) is 0 Å². The lowest BCUT2D eigenvalue weighted by atomic mass is 10.2. The molecule has 6 heteroatoms. The molecule has 0 bridgehead atoms. The van der Waals surface area contributed by atoms with Gasteiger partial charge in [0, 0.05) is 5.56 Å². The van der Waals surface area contributed by atoms with Crippen molar-refractivity contribution in [3.05, 3.63) is 35.9 Å². The highest BCUT2D eigenvalue weighted by Gasteiger charge is 2.26. The predicted molar refractivity (Wildman–Crippen MR) is 50.5 cm³/mol. The van der Waals surface area contributed by atoms with Gasteiger partial charge in [-0.05, 0) is 12.1 Å². The number of benzene rings is 1. The van der Waals surface area contributed by atoms with E-state index in [1.54, 1.807) is 18.2 Å². The van der Waals surface area contributed by atoms with Crippen LogP contribution in [0.3, 0.4) is 0 Å². The van der Waals surface area contributed by atoms with Crippen molar-refractivity contribution in [3.63, 3.8) is 0 Å². The number of carbonyl (C=O) groups is 1. The second-order valence-electron chi connectivity index (χ2n) is 3.01. The zero-order valence-corrected chi connectivity index (χ0v) is 8.25. The highest BCUT2D eigenvalue weighted by molar-refractivity contribution is 5.93. The fraction of sp³-hybridized carbons (Fsp3) is 0.300. The van der Waals surface area contributed by atoms with Gasteiger partial charge in [-0.15, -0.1) is 0 Å². The zero-order chi connectivity index (χ0) is 12.0. The van der Waals surface area contributed by atoms with E-state index in [-0.39, 0.29) is 0 Å². The molecule has 0 saturated heterocycles. The number of alkyl halides is 3. The molecule has 1 aromatic carbocycles. The molecule has 1 amide bonds. The van der Waals surface area contributed by atoms with Crippen molar-refractivity contribution in [1.82, 2.24) is 5.48 Å². The van der Waals surface area contributed by atoms with Crippen LogP contribution in [-0.2, 0) is 4.84 Å². The molecule has 0 atom stereocenters.